The van der Waals surface area contributed by atoms with Gasteiger partial charge in [0.15, 0.2) is 12.4 Å². The van der Waals surface area contributed by atoms with Gasteiger partial charge in [0.25, 0.3) is 0 Å². The minimum atomic E-state index is -1.62. The van der Waals surface area contributed by atoms with Crippen LogP contribution in [-0.2, 0) is 23.8 Å². The molecule has 8 unspecified atom stereocenters. The van der Waals surface area contributed by atoms with Gasteiger partial charge in [0.2, 0.25) is 5.91 Å². The lowest BCUT2D eigenvalue weighted by molar-refractivity contribution is -0.305. The number of esters is 1. The SMILES string of the molecule is CC/C=C\C/C=C\C/C=C\C/C=C\C/C=C\CCCCCCCCCCCCCC(=O)OC1C(OCC(NC(=O)C(O)CCCCCCCCCCCCCCCC)C(O)/C=C/CCCCCCCCCCCC)OC(CO)C(O)C1O. The average Bonchev–Trinajstić information content (AvgIpc) is 3.48. The number of allylic oxidation sites excluding steroid dienone is 11. The minimum absolute atomic E-state index is 0.119. The van der Waals surface area contributed by atoms with E-state index in [2.05, 4.69) is 86.8 Å². The van der Waals surface area contributed by atoms with Crippen molar-refractivity contribution >= 4 is 11.9 Å². The number of nitrogens with one attached hydrogen (secondary N) is 1. The molecule has 1 aliphatic rings. The molecule has 0 radical (unpaired) electrons. The summed E-state index contributed by atoms with van der Waals surface area (Å²) in [6, 6.07) is -1.02. The Balaban J connectivity index is 2.55. The minimum Gasteiger partial charge on any atom is -0.454 e. The molecule has 1 heterocycles. The van der Waals surface area contributed by atoms with Crippen LogP contribution >= 0.6 is 0 Å². The van der Waals surface area contributed by atoms with E-state index in [0.717, 1.165) is 96.3 Å². The largest absolute Gasteiger partial charge is 0.454 e. The summed E-state index contributed by atoms with van der Waals surface area (Å²) in [7, 11) is 0. The number of carbonyl (C=O) groups excluding carboxylic acids is 2. The molecule has 0 saturated carbocycles. The van der Waals surface area contributed by atoms with Gasteiger partial charge in [-0.1, -0.05) is 299 Å². The van der Waals surface area contributed by atoms with Gasteiger partial charge in [-0.05, 0) is 70.6 Å². The van der Waals surface area contributed by atoms with Crippen molar-refractivity contribution in [2.24, 2.45) is 0 Å². The molecule has 1 saturated heterocycles. The van der Waals surface area contributed by atoms with E-state index in [1.807, 2.05) is 6.08 Å². The highest BCUT2D eigenvalue weighted by Crippen LogP contribution is 2.26. The fraction of sp³-hybridized carbons (Fsp3) is 0.803. The van der Waals surface area contributed by atoms with Crippen molar-refractivity contribution in [3.8, 4) is 0 Å². The number of amides is 1. The molecule has 11 nitrogen and oxygen atoms in total. The summed E-state index contributed by atoms with van der Waals surface area (Å²) in [5.74, 6) is -1.19. The van der Waals surface area contributed by atoms with E-state index in [4.69, 9.17) is 14.2 Å². The second kappa shape index (κ2) is 58.5. The molecule has 6 N–H and O–H groups in total. The van der Waals surface area contributed by atoms with Gasteiger partial charge >= 0.3 is 5.97 Å². The first kappa shape index (κ1) is 77.1. The first-order valence-corrected chi connectivity index (χ1v) is 34.2. The Labute approximate surface area is 502 Å². The summed E-state index contributed by atoms with van der Waals surface area (Å²) >= 11 is 0. The van der Waals surface area contributed by atoms with Gasteiger partial charge in [-0.2, -0.15) is 0 Å². The van der Waals surface area contributed by atoms with Crippen LogP contribution in [0.3, 0.4) is 0 Å². The second-order valence-electron chi connectivity index (χ2n) is 23.5. The van der Waals surface area contributed by atoms with E-state index in [-0.39, 0.29) is 13.0 Å². The summed E-state index contributed by atoms with van der Waals surface area (Å²) in [4.78, 5) is 26.6. The third kappa shape index (κ3) is 45.5. The summed E-state index contributed by atoms with van der Waals surface area (Å²) in [6.45, 7) is 5.70. The fourth-order valence-electron chi connectivity index (χ4n) is 10.5. The van der Waals surface area contributed by atoms with Gasteiger partial charge in [0, 0.05) is 6.42 Å². The Kier molecular flexibility index (Phi) is 55.0. The molecule has 82 heavy (non-hydrogen) atoms. The first-order chi connectivity index (χ1) is 40.2. The van der Waals surface area contributed by atoms with E-state index in [1.165, 1.54) is 161 Å². The average molecular weight is 1150 g/mol. The van der Waals surface area contributed by atoms with E-state index < -0.39 is 67.4 Å². The molecule has 476 valence electrons. The van der Waals surface area contributed by atoms with Crippen molar-refractivity contribution in [2.75, 3.05) is 13.2 Å². The molecular formula is C71H127NO10. The third-order valence-corrected chi connectivity index (χ3v) is 15.9. The van der Waals surface area contributed by atoms with Gasteiger partial charge in [0.05, 0.1) is 25.4 Å². The van der Waals surface area contributed by atoms with Gasteiger partial charge < -0.3 is 45.1 Å². The predicted octanol–water partition coefficient (Wildman–Crippen LogP) is 17.1. The van der Waals surface area contributed by atoms with Crippen molar-refractivity contribution in [3.63, 3.8) is 0 Å². The lowest BCUT2D eigenvalue weighted by Gasteiger charge is -2.41. The lowest BCUT2D eigenvalue weighted by Crippen LogP contribution is -2.61. The first-order valence-electron chi connectivity index (χ1n) is 34.2. The Morgan fingerprint density at radius 3 is 1.32 bits per heavy atom. The van der Waals surface area contributed by atoms with Crippen LogP contribution in [0.2, 0.25) is 0 Å². The zero-order chi connectivity index (χ0) is 59.6. The van der Waals surface area contributed by atoms with Crippen molar-refractivity contribution in [2.45, 2.75) is 352 Å². The van der Waals surface area contributed by atoms with Gasteiger partial charge in [0.1, 0.15) is 24.4 Å². The Morgan fingerprint density at radius 1 is 0.488 bits per heavy atom. The Hall–Kier alpha value is -2.90. The topological polar surface area (TPSA) is 175 Å². The van der Waals surface area contributed by atoms with Crippen LogP contribution in [0.4, 0.5) is 0 Å². The van der Waals surface area contributed by atoms with Gasteiger partial charge in [-0.25, -0.2) is 0 Å². The van der Waals surface area contributed by atoms with Crippen LogP contribution in [0, 0.1) is 0 Å². The maximum Gasteiger partial charge on any atom is 0.306 e. The fourth-order valence-corrected chi connectivity index (χ4v) is 10.5. The Bertz CT molecular complexity index is 1610. The predicted molar refractivity (Wildman–Crippen MR) is 343 cm³/mol. The van der Waals surface area contributed by atoms with Crippen LogP contribution in [0.25, 0.3) is 0 Å². The molecule has 1 amide bonds. The Morgan fingerprint density at radius 2 is 0.878 bits per heavy atom. The summed E-state index contributed by atoms with van der Waals surface area (Å²) in [6.07, 6.45) is 65.1. The maximum atomic E-state index is 13.4. The van der Waals surface area contributed by atoms with Crippen molar-refractivity contribution in [3.05, 3.63) is 72.9 Å². The van der Waals surface area contributed by atoms with Crippen LogP contribution in [0.15, 0.2) is 72.9 Å². The van der Waals surface area contributed by atoms with E-state index in [9.17, 15) is 35.1 Å². The number of unbranched alkanes of at least 4 members (excludes halogenated alkanes) is 34. The van der Waals surface area contributed by atoms with Crippen molar-refractivity contribution < 1.29 is 49.3 Å². The van der Waals surface area contributed by atoms with Crippen LogP contribution in [0.5, 0.6) is 0 Å². The molecule has 1 aliphatic heterocycles. The smallest absolute Gasteiger partial charge is 0.306 e. The van der Waals surface area contributed by atoms with E-state index in [0.29, 0.717) is 19.3 Å². The van der Waals surface area contributed by atoms with Crippen LogP contribution in [0.1, 0.15) is 303 Å². The summed E-state index contributed by atoms with van der Waals surface area (Å²) < 4.78 is 17.7. The number of ether oxygens (including phenoxy) is 3. The van der Waals surface area contributed by atoms with Gasteiger partial charge in [-0.3, -0.25) is 9.59 Å². The number of hydrogen-bond donors (Lipinski definition) is 6. The quantitative estimate of drug-likeness (QED) is 0.0195. The molecule has 8 atom stereocenters. The van der Waals surface area contributed by atoms with E-state index >= 15 is 0 Å². The highest BCUT2D eigenvalue weighted by Gasteiger charge is 2.47. The standard InChI is InChI=1S/C71H127NO10/c1-4-7-10-13-16-19-22-25-27-28-29-30-31-32-33-34-35-36-37-38-39-41-44-47-50-53-56-59-66(76)82-69-68(78)67(77)65(60-73)81-71(69)80-61-62(63(74)57-54-51-48-45-42-24-21-18-15-12-9-6-3)72-70(79)64(75)58-55-52-49-46-43-40-26-23-20-17-14-11-8-5-2/h7,10,16,19,25,27,29-30,32-33,54,57,62-65,67-69,71,73-75,77-78H,4-6,8-9,11-15,17-18,20-24,26,28,31,34-53,55-56,58-61H2,1-3H3,(H,72,79)/b10-7-,19-16-,27-25-,30-29-,33-32-,57-54+. The molecule has 0 aliphatic carbocycles. The number of carbonyl (C=O) groups is 2. The molecule has 0 aromatic heterocycles. The van der Waals surface area contributed by atoms with Crippen LogP contribution < -0.4 is 5.32 Å². The summed E-state index contributed by atoms with van der Waals surface area (Å²) in [5.41, 5.74) is 0. The summed E-state index contributed by atoms with van der Waals surface area (Å²) in [5, 5.41) is 57.1. The molecule has 1 rings (SSSR count). The van der Waals surface area contributed by atoms with Crippen molar-refractivity contribution in [1.82, 2.24) is 5.32 Å². The normalized spacial score (nSPS) is 19.0. The maximum absolute atomic E-state index is 13.4. The molecule has 0 bridgehead atoms. The zero-order valence-electron chi connectivity index (χ0n) is 52.9. The molecule has 0 aromatic carbocycles. The third-order valence-electron chi connectivity index (χ3n) is 15.9. The number of aliphatic hydroxyl groups excluding tert-OH is 5. The molecular weight excluding hydrogens is 1030 g/mol. The molecule has 11 heteroatoms. The highest BCUT2D eigenvalue weighted by atomic mass is 16.7. The van der Waals surface area contributed by atoms with Gasteiger partial charge in [-0.15, -0.1) is 0 Å². The highest BCUT2D eigenvalue weighted by molar-refractivity contribution is 5.80. The lowest BCUT2D eigenvalue weighted by atomic mass is 9.99. The molecule has 1 fully saturated rings. The number of hydrogen-bond acceptors (Lipinski definition) is 10. The molecule has 0 spiro atoms. The van der Waals surface area contributed by atoms with Crippen LogP contribution in [-0.4, -0.2) is 99.6 Å². The number of aliphatic hydroxyl groups is 5. The molecule has 0 aromatic rings. The second-order valence-corrected chi connectivity index (χ2v) is 23.5. The monoisotopic (exact) mass is 1150 g/mol. The van der Waals surface area contributed by atoms with E-state index in [1.54, 1.807) is 6.08 Å². The number of rotatable bonds is 58. The zero-order valence-corrected chi connectivity index (χ0v) is 52.9. The van der Waals surface area contributed by atoms with Crippen molar-refractivity contribution in [1.29, 1.82) is 0 Å².